The van der Waals surface area contributed by atoms with Crippen molar-refractivity contribution in [3.63, 3.8) is 0 Å². The van der Waals surface area contributed by atoms with Gasteiger partial charge in [-0.1, -0.05) is 17.7 Å². The summed E-state index contributed by atoms with van der Waals surface area (Å²) in [7, 11) is 1.74. The molecule has 0 bridgehead atoms. The predicted octanol–water partition coefficient (Wildman–Crippen LogP) is 1.41. The molecule has 6 nitrogen and oxygen atoms in total. The lowest BCUT2D eigenvalue weighted by atomic mass is 10.1. The van der Waals surface area contributed by atoms with Crippen molar-refractivity contribution in [2.45, 2.75) is 13.8 Å². The fourth-order valence-electron chi connectivity index (χ4n) is 1.88. The summed E-state index contributed by atoms with van der Waals surface area (Å²) in [6.45, 7) is 3.71. The van der Waals surface area contributed by atoms with Crippen LogP contribution in [0.1, 0.15) is 21.6 Å². The van der Waals surface area contributed by atoms with Crippen molar-refractivity contribution in [2.24, 2.45) is 7.05 Å². The molecule has 2 rings (SSSR count). The van der Waals surface area contributed by atoms with E-state index >= 15 is 0 Å². The highest BCUT2D eigenvalue weighted by Gasteiger charge is 2.10. The Morgan fingerprint density at radius 2 is 1.86 bits per heavy atom. The van der Waals surface area contributed by atoms with Crippen molar-refractivity contribution in [3.8, 4) is 0 Å². The molecule has 0 saturated heterocycles. The highest BCUT2D eigenvalue weighted by atomic mass is 16.2. The van der Waals surface area contributed by atoms with Crippen LogP contribution in [0.15, 0.2) is 30.3 Å². The minimum Gasteiger partial charge on any atom is -0.343 e. The third-order valence-corrected chi connectivity index (χ3v) is 2.99. The highest BCUT2D eigenvalue weighted by molar-refractivity contribution is 5.99. The summed E-state index contributed by atoms with van der Waals surface area (Å²) in [6, 6.07) is 8.93. The minimum absolute atomic E-state index is 0.0864. The van der Waals surface area contributed by atoms with Crippen molar-refractivity contribution < 1.29 is 9.59 Å². The molecule has 6 heteroatoms. The Hall–Kier alpha value is -2.63. The summed E-state index contributed by atoms with van der Waals surface area (Å²) >= 11 is 0. The number of hydrogen-bond acceptors (Lipinski definition) is 3. The summed E-state index contributed by atoms with van der Waals surface area (Å²) in [5.74, 6) is 0.0342. The Labute approximate surface area is 123 Å². The molecule has 1 heterocycles. The van der Waals surface area contributed by atoms with Crippen LogP contribution >= 0.6 is 0 Å². The molecule has 2 aromatic rings. The van der Waals surface area contributed by atoms with Gasteiger partial charge in [0, 0.05) is 18.7 Å². The van der Waals surface area contributed by atoms with Gasteiger partial charge in [0.15, 0.2) is 0 Å². The average molecular weight is 286 g/mol. The Bertz CT molecular complexity index is 659. The largest absolute Gasteiger partial charge is 0.343 e. The molecule has 0 saturated carbocycles. The smallest absolute Gasteiger partial charge is 0.251 e. The number of nitrogens with zero attached hydrogens (tertiary/aromatic N) is 2. The van der Waals surface area contributed by atoms with Crippen molar-refractivity contribution in [1.82, 2.24) is 15.1 Å². The predicted molar refractivity (Wildman–Crippen MR) is 80.1 cm³/mol. The molecule has 110 valence electrons. The van der Waals surface area contributed by atoms with E-state index < -0.39 is 0 Å². The number of anilines is 1. The van der Waals surface area contributed by atoms with Gasteiger partial charge < -0.3 is 10.6 Å². The van der Waals surface area contributed by atoms with E-state index in [1.807, 2.05) is 26.0 Å². The number of aryl methyl sites for hydroxylation is 3. The van der Waals surface area contributed by atoms with E-state index in [1.165, 1.54) is 0 Å². The molecule has 0 spiro atoms. The van der Waals surface area contributed by atoms with Gasteiger partial charge in [-0.05, 0) is 26.0 Å². The van der Waals surface area contributed by atoms with Crippen molar-refractivity contribution >= 4 is 17.6 Å². The first kappa shape index (κ1) is 14.8. The van der Waals surface area contributed by atoms with Crippen molar-refractivity contribution in [3.05, 3.63) is 47.2 Å². The molecule has 0 fully saturated rings. The van der Waals surface area contributed by atoms with E-state index in [4.69, 9.17) is 0 Å². The van der Waals surface area contributed by atoms with E-state index in [-0.39, 0.29) is 18.4 Å². The molecule has 0 atom stereocenters. The molecule has 1 aromatic carbocycles. The number of aromatic nitrogens is 2. The monoisotopic (exact) mass is 286 g/mol. The number of hydrogen-bond donors (Lipinski definition) is 2. The molecular formula is C15H18N4O2. The summed E-state index contributed by atoms with van der Waals surface area (Å²) in [5.41, 5.74) is 2.43. The van der Waals surface area contributed by atoms with E-state index in [1.54, 1.807) is 29.9 Å². The molecule has 0 aliphatic rings. The van der Waals surface area contributed by atoms with Crippen LogP contribution in [0.3, 0.4) is 0 Å². The second-order valence-corrected chi connectivity index (χ2v) is 4.89. The summed E-state index contributed by atoms with van der Waals surface area (Å²) in [4.78, 5) is 23.7. The zero-order valence-electron chi connectivity index (χ0n) is 12.3. The lowest BCUT2D eigenvalue weighted by molar-refractivity contribution is -0.115. The first-order chi connectivity index (χ1) is 9.95. The molecule has 0 unspecified atom stereocenters. The second-order valence-electron chi connectivity index (χ2n) is 4.89. The van der Waals surface area contributed by atoms with Crippen molar-refractivity contribution in [2.75, 3.05) is 11.9 Å². The van der Waals surface area contributed by atoms with Gasteiger partial charge >= 0.3 is 0 Å². The quantitative estimate of drug-likeness (QED) is 0.892. The molecule has 0 aliphatic carbocycles. The van der Waals surface area contributed by atoms with Gasteiger partial charge in [-0.2, -0.15) is 5.10 Å². The van der Waals surface area contributed by atoms with Crippen molar-refractivity contribution in [1.29, 1.82) is 0 Å². The minimum atomic E-state index is -0.293. The molecule has 21 heavy (non-hydrogen) atoms. The summed E-state index contributed by atoms with van der Waals surface area (Å²) in [5, 5.41) is 9.41. The third kappa shape index (κ3) is 3.92. The van der Waals surface area contributed by atoms with Gasteiger partial charge in [-0.15, -0.1) is 0 Å². The molecular weight excluding hydrogens is 268 g/mol. The highest BCUT2D eigenvalue weighted by Crippen LogP contribution is 2.07. The number of rotatable bonds is 4. The van der Waals surface area contributed by atoms with Crippen LogP contribution in [0.2, 0.25) is 0 Å². The lowest BCUT2D eigenvalue weighted by Crippen LogP contribution is -2.33. The van der Waals surface area contributed by atoms with Gasteiger partial charge in [-0.3, -0.25) is 14.3 Å². The van der Waals surface area contributed by atoms with E-state index in [0.717, 1.165) is 11.3 Å². The van der Waals surface area contributed by atoms with Gasteiger partial charge in [0.2, 0.25) is 5.91 Å². The molecule has 1 aromatic heterocycles. The maximum Gasteiger partial charge on any atom is 0.251 e. The van der Waals surface area contributed by atoms with Crippen LogP contribution in [0, 0.1) is 13.8 Å². The first-order valence-corrected chi connectivity index (χ1v) is 6.61. The van der Waals surface area contributed by atoms with Crippen LogP contribution in [0.5, 0.6) is 0 Å². The van der Waals surface area contributed by atoms with Gasteiger partial charge in [-0.25, -0.2) is 0 Å². The second kappa shape index (κ2) is 6.21. The first-order valence-electron chi connectivity index (χ1n) is 6.61. The fraction of sp³-hybridized carbons (Fsp3) is 0.267. The lowest BCUT2D eigenvalue weighted by Gasteiger charge is -2.07. The van der Waals surface area contributed by atoms with E-state index in [9.17, 15) is 9.59 Å². The number of carbonyl (C=O) groups is 2. The molecule has 2 amide bonds. The zero-order valence-corrected chi connectivity index (χ0v) is 12.3. The maximum atomic E-state index is 11.9. The van der Waals surface area contributed by atoms with E-state index in [0.29, 0.717) is 11.4 Å². The number of carbonyl (C=O) groups excluding carboxylic acids is 2. The Balaban J connectivity index is 1.87. The molecule has 0 aliphatic heterocycles. The maximum absolute atomic E-state index is 11.9. The standard InChI is InChI=1S/C15H18N4O2/c1-10-4-6-12(7-5-10)15(21)16-9-14(20)17-13-8-11(2)18-19(13)3/h4-8H,9H2,1-3H3,(H,16,21)(H,17,20). The van der Waals surface area contributed by atoms with Gasteiger partial charge in [0.25, 0.3) is 5.91 Å². The van der Waals surface area contributed by atoms with Crippen LogP contribution in [0.4, 0.5) is 5.82 Å². The topological polar surface area (TPSA) is 76.0 Å². The number of amides is 2. The molecule has 0 radical (unpaired) electrons. The SMILES string of the molecule is Cc1ccc(C(=O)NCC(=O)Nc2cc(C)nn2C)cc1. The fourth-order valence-corrected chi connectivity index (χ4v) is 1.88. The van der Waals surface area contributed by atoms with Gasteiger partial charge in [0.05, 0.1) is 12.2 Å². The molecule has 2 N–H and O–H groups in total. The van der Waals surface area contributed by atoms with E-state index in [2.05, 4.69) is 15.7 Å². The summed E-state index contributed by atoms with van der Waals surface area (Å²) in [6.07, 6.45) is 0. The van der Waals surface area contributed by atoms with Gasteiger partial charge in [0.1, 0.15) is 5.82 Å². The normalized spacial score (nSPS) is 10.2. The third-order valence-electron chi connectivity index (χ3n) is 2.99. The average Bonchev–Trinajstić information content (AvgIpc) is 2.75. The number of nitrogens with one attached hydrogen (secondary N) is 2. The Morgan fingerprint density at radius 1 is 1.19 bits per heavy atom. The Kier molecular flexibility index (Phi) is 4.37. The Morgan fingerprint density at radius 3 is 2.43 bits per heavy atom. The number of benzene rings is 1. The summed E-state index contributed by atoms with van der Waals surface area (Å²) < 4.78 is 1.58. The van der Waals surface area contributed by atoms with Crippen LogP contribution in [-0.4, -0.2) is 28.1 Å². The van der Waals surface area contributed by atoms with Crippen LogP contribution in [-0.2, 0) is 11.8 Å². The zero-order chi connectivity index (χ0) is 15.4. The van der Waals surface area contributed by atoms with Crippen LogP contribution < -0.4 is 10.6 Å². The van der Waals surface area contributed by atoms with Crippen LogP contribution in [0.25, 0.3) is 0 Å².